The second kappa shape index (κ2) is 8.82. The van der Waals surface area contributed by atoms with Crippen LogP contribution in [0.25, 0.3) is 0 Å². The predicted octanol–water partition coefficient (Wildman–Crippen LogP) is 4.06. The summed E-state index contributed by atoms with van der Waals surface area (Å²) in [4.78, 5) is 24.5. The molecular weight excluding hydrogens is 366 g/mol. The number of alkyl halides is 2. The summed E-state index contributed by atoms with van der Waals surface area (Å²) >= 11 is 0. The van der Waals surface area contributed by atoms with Gasteiger partial charge in [-0.05, 0) is 49.1 Å². The number of halogens is 2. The fourth-order valence-corrected chi connectivity index (χ4v) is 3.29. The van der Waals surface area contributed by atoms with Gasteiger partial charge in [0.25, 0.3) is 0 Å². The molecule has 0 saturated heterocycles. The van der Waals surface area contributed by atoms with E-state index < -0.39 is 6.61 Å². The first kappa shape index (κ1) is 19.8. The van der Waals surface area contributed by atoms with Crippen molar-refractivity contribution in [1.82, 2.24) is 5.32 Å². The summed E-state index contributed by atoms with van der Waals surface area (Å²) in [6.45, 7) is -1.06. The zero-order valence-corrected chi connectivity index (χ0v) is 15.5. The monoisotopic (exact) mass is 388 g/mol. The second-order valence-electron chi connectivity index (χ2n) is 6.82. The van der Waals surface area contributed by atoms with Crippen LogP contribution in [0.5, 0.6) is 5.75 Å². The number of para-hydroxylation sites is 1. The quantitative estimate of drug-likeness (QED) is 0.752. The van der Waals surface area contributed by atoms with Gasteiger partial charge in [0, 0.05) is 18.0 Å². The lowest BCUT2D eigenvalue weighted by Gasteiger charge is -2.24. The highest BCUT2D eigenvalue weighted by Gasteiger charge is 2.26. The van der Waals surface area contributed by atoms with Crippen LogP contribution < -0.4 is 15.4 Å². The molecular formula is C21H22F2N2O3. The van der Waals surface area contributed by atoms with Gasteiger partial charge in [0.05, 0.1) is 6.04 Å². The van der Waals surface area contributed by atoms with Gasteiger partial charge in [-0.3, -0.25) is 9.59 Å². The topological polar surface area (TPSA) is 67.4 Å². The zero-order chi connectivity index (χ0) is 20.1. The van der Waals surface area contributed by atoms with Gasteiger partial charge in [0.2, 0.25) is 11.8 Å². The Morgan fingerprint density at radius 3 is 2.64 bits per heavy atom. The first-order chi connectivity index (χ1) is 13.4. The van der Waals surface area contributed by atoms with Crippen LogP contribution in [0.1, 0.15) is 36.9 Å². The van der Waals surface area contributed by atoms with Gasteiger partial charge in [0.15, 0.2) is 0 Å². The molecule has 0 saturated carbocycles. The molecule has 2 N–H and O–H groups in total. The first-order valence-electron chi connectivity index (χ1n) is 9.15. The molecule has 0 spiro atoms. The minimum absolute atomic E-state index is 0.0610. The van der Waals surface area contributed by atoms with Crippen molar-refractivity contribution >= 4 is 17.5 Å². The molecule has 7 heteroatoms. The van der Waals surface area contributed by atoms with Gasteiger partial charge < -0.3 is 15.4 Å². The van der Waals surface area contributed by atoms with Crippen molar-refractivity contribution in [3.05, 3.63) is 59.7 Å². The van der Waals surface area contributed by atoms with Crippen molar-refractivity contribution in [2.75, 3.05) is 5.32 Å². The normalized spacial score (nSPS) is 16.9. The van der Waals surface area contributed by atoms with Crippen LogP contribution in [0.2, 0.25) is 0 Å². The van der Waals surface area contributed by atoms with E-state index in [1.54, 1.807) is 12.1 Å². The molecule has 0 aliphatic carbocycles. The highest BCUT2D eigenvalue weighted by molar-refractivity contribution is 5.96. The minimum Gasteiger partial charge on any atom is -0.435 e. The Labute approximate surface area is 162 Å². The van der Waals surface area contributed by atoms with Gasteiger partial charge in [0.1, 0.15) is 5.75 Å². The number of carbonyl (C=O) groups is 2. The molecule has 0 fully saturated rings. The van der Waals surface area contributed by atoms with Crippen molar-refractivity contribution in [3.63, 3.8) is 0 Å². The molecule has 0 aromatic heterocycles. The van der Waals surface area contributed by atoms with E-state index in [-0.39, 0.29) is 35.9 Å². The van der Waals surface area contributed by atoms with Gasteiger partial charge >= 0.3 is 6.61 Å². The average molecular weight is 388 g/mol. The number of fused-ring (bicyclic) bond motifs is 1. The maximum atomic E-state index is 12.3. The Bertz CT molecular complexity index is 840. The minimum atomic E-state index is -2.87. The van der Waals surface area contributed by atoms with E-state index in [0.717, 1.165) is 16.8 Å². The molecule has 3 rings (SSSR count). The number of nitrogens with one attached hydrogen (secondary N) is 2. The maximum absolute atomic E-state index is 12.3. The van der Waals surface area contributed by atoms with Crippen molar-refractivity contribution < 1.29 is 23.1 Å². The smallest absolute Gasteiger partial charge is 0.387 e. The largest absolute Gasteiger partial charge is 0.435 e. The number of rotatable bonds is 7. The summed E-state index contributed by atoms with van der Waals surface area (Å²) in [5.41, 5.74) is 2.69. The average Bonchev–Trinajstić information content (AvgIpc) is 2.66. The fraction of sp³-hybridized carbons (Fsp3) is 0.333. The first-order valence-corrected chi connectivity index (χ1v) is 9.15. The SMILES string of the molecule is CC(NC(=O)CCC1Cc2ccccc2NC1=O)c1ccc(OC(F)F)cc1. The lowest BCUT2D eigenvalue weighted by atomic mass is 9.89. The molecule has 5 nitrogen and oxygen atoms in total. The van der Waals surface area contributed by atoms with Crippen LogP contribution >= 0.6 is 0 Å². The van der Waals surface area contributed by atoms with Gasteiger partial charge in [-0.25, -0.2) is 0 Å². The molecule has 0 bridgehead atoms. The van der Waals surface area contributed by atoms with Crippen LogP contribution in [0.3, 0.4) is 0 Å². The number of ether oxygens (including phenoxy) is 1. The van der Waals surface area contributed by atoms with Crippen LogP contribution in [-0.4, -0.2) is 18.4 Å². The van der Waals surface area contributed by atoms with Crippen molar-refractivity contribution in [2.45, 2.75) is 38.8 Å². The van der Waals surface area contributed by atoms with Crippen molar-refractivity contribution in [2.24, 2.45) is 5.92 Å². The lowest BCUT2D eigenvalue weighted by molar-refractivity contribution is -0.123. The number of amides is 2. The van der Waals surface area contributed by atoms with Gasteiger partial charge in [-0.15, -0.1) is 0 Å². The Balaban J connectivity index is 1.49. The Morgan fingerprint density at radius 1 is 1.21 bits per heavy atom. The van der Waals surface area contributed by atoms with E-state index in [4.69, 9.17) is 0 Å². The van der Waals surface area contributed by atoms with E-state index in [0.29, 0.717) is 12.8 Å². The van der Waals surface area contributed by atoms with Gasteiger partial charge in [-0.1, -0.05) is 30.3 Å². The lowest BCUT2D eigenvalue weighted by Crippen LogP contribution is -2.32. The number of hydrogen-bond donors (Lipinski definition) is 2. The molecule has 2 unspecified atom stereocenters. The molecule has 1 aliphatic heterocycles. The highest BCUT2D eigenvalue weighted by atomic mass is 19.3. The summed E-state index contributed by atoms with van der Waals surface area (Å²) < 4.78 is 28.7. The van der Waals surface area contributed by atoms with E-state index in [9.17, 15) is 18.4 Å². The van der Waals surface area contributed by atoms with Gasteiger partial charge in [-0.2, -0.15) is 8.78 Å². The Kier molecular flexibility index (Phi) is 6.23. The summed E-state index contributed by atoms with van der Waals surface area (Å²) in [5.74, 6) is -0.385. The zero-order valence-electron chi connectivity index (χ0n) is 15.5. The number of anilines is 1. The van der Waals surface area contributed by atoms with Crippen LogP contribution in [0, 0.1) is 5.92 Å². The van der Waals surface area contributed by atoms with Crippen molar-refractivity contribution in [3.8, 4) is 5.75 Å². The van der Waals surface area contributed by atoms with Crippen LogP contribution in [0.15, 0.2) is 48.5 Å². The second-order valence-corrected chi connectivity index (χ2v) is 6.82. The molecule has 2 atom stereocenters. The molecule has 1 heterocycles. The third-order valence-corrected chi connectivity index (χ3v) is 4.81. The summed E-state index contributed by atoms with van der Waals surface area (Å²) in [5, 5.41) is 5.75. The predicted molar refractivity (Wildman–Crippen MR) is 101 cm³/mol. The highest BCUT2D eigenvalue weighted by Crippen LogP contribution is 2.27. The van der Waals surface area contributed by atoms with Crippen LogP contribution in [0.4, 0.5) is 14.5 Å². The molecule has 0 radical (unpaired) electrons. The van der Waals surface area contributed by atoms with E-state index in [2.05, 4.69) is 15.4 Å². The number of carbonyl (C=O) groups excluding carboxylic acids is 2. The molecule has 1 aliphatic rings. The number of benzene rings is 2. The van der Waals surface area contributed by atoms with E-state index in [1.807, 2.05) is 31.2 Å². The molecule has 2 aromatic rings. The molecule has 28 heavy (non-hydrogen) atoms. The molecule has 148 valence electrons. The van der Waals surface area contributed by atoms with E-state index in [1.165, 1.54) is 12.1 Å². The number of hydrogen-bond acceptors (Lipinski definition) is 3. The fourth-order valence-electron chi connectivity index (χ4n) is 3.29. The third kappa shape index (κ3) is 5.06. The van der Waals surface area contributed by atoms with E-state index >= 15 is 0 Å². The third-order valence-electron chi connectivity index (χ3n) is 4.81. The Hall–Kier alpha value is -2.96. The summed E-state index contributed by atoms with van der Waals surface area (Å²) in [6.07, 6.45) is 1.31. The van der Waals surface area contributed by atoms with Crippen molar-refractivity contribution in [1.29, 1.82) is 0 Å². The Morgan fingerprint density at radius 2 is 1.93 bits per heavy atom. The van der Waals surface area contributed by atoms with Crippen LogP contribution in [-0.2, 0) is 16.0 Å². The molecule has 2 amide bonds. The standard InChI is InChI=1S/C21H22F2N2O3/c1-13(14-6-9-17(10-7-14)28-21(22)23)24-19(26)11-8-16-12-15-4-2-3-5-18(15)25-20(16)27/h2-7,9-10,13,16,21H,8,11-12H2,1H3,(H,24,26)(H,25,27). The summed E-state index contributed by atoms with van der Waals surface area (Å²) in [7, 11) is 0. The maximum Gasteiger partial charge on any atom is 0.387 e. The molecule has 2 aromatic carbocycles. The summed E-state index contributed by atoms with van der Waals surface area (Å²) in [6, 6.07) is 13.5.